The molecule has 1 atom stereocenters. The summed E-state index contributed by atoms with van der Waals surface area (Å²) in [6.07, 6.45) is 2.03. The van der Waals surface area contributed by atoms with E-state index in [1.807, 2.05) is 28.4 Å². The summed E-state index contributed by atoms with van der Waals surface area (Å²) >= 11 is 3.80. The van der Waals surface area contributed by atoms with E-state index >= 15 is 0 Å². The van der Waals surface area contributed by atoms with Gasteiger partial charge in [0, 0.05) is 18.3 Å². The molecule has 1 aromatic rings. The summed E-state index contributed by atoms with van der Waals surface area (Å²) in [5, 5.41) is 9.81. The molecule has 2 rings (SSSR count). The van der Waals surface area contributed by atoms with Crippen LogP contribution in [0, 0.1) is 0 Å². The molecule has 1 aliphatic heterocycles. The average Bonchev–Trinajstić information content (AvgIpc) is 3.03. The third-order valence-corrected chi connectivity index (χ3v) is 6.89. The molecule has 5 nitrogen and oxygen atoms in total. The zero-order valence-corrected chi connectivity index (χ0v) is 16.1. The number of methoxy groups -OCH3 is 1. The quantitative estimate of drug-likeness (QED) is 0.566. The minimum Gasteiger partial charge on any atom is -0.504 e. The van der Waals surface area contributed by atoms with Crippen LogP contribution in [0.3, 0.4) is 0 Å². The molecule has 0 bridgehead atoms. The Hall–Kier alpha value is -1.21. The number of rotatable bonds is 7. The van der Waals surface area contributed by atoms with Crippen LogP contribution in [-0.4, -0.2) is 51.7 Å². The van der Waals surface area contributed by atoms with Gasteiger partial charge in [-0.25, -0.2) is 0 Å². The molecule has 0 saturated carbocycles. The molecule has 24 heavy (non-hydrogen) atoms. The number of benzene rings is 1. The number of aromatic hydroxyl groups is 1. The summed E-state index contributed by atoms with van der Waals surface area (Å²) in [4.78, 5) is 15.0. The predicted octanol–water partition coefficient (Wildman–Crippen LogP) is 3.42. The molecule has 7 heteroatoms. The highest BCUT2D eigenvalue weighted by Crippen LogP contribution is 2.37. The maximum absolute atomic E-state index is 13.1. The number of anilines is 1. The molecule has 1 aliphatic rings. The molecule has 1 amide bonds. The van der Waals surface area contributed by atoms with Crippen LogP contribution in [0.5, 0.6) is 11.5 Å². The number of hydrogen-bond donors (Lipinski definition) is 2. The van der Waals surface area contributed by atoms with Gasteiger partial charge in [0.05, 0.1) is 23.3 Å². The van der Waals surface area contributed by atoms with Crippen LogP contribution in [-0.2, 0) is 0 Å². The number of phenolic OH excluding ortho intramolecular Hbond substituents is 1. The van der Waals surface area contributed by atoms with E-state index in [4.69, 9.17) is 10.5 Å². The van der Waals surface area contributed by atoms with Gasteiger partial charge >= 0.3 is 0 Å². The third kappa shape index (κ3) is 4.06. The number of ether oxygens (including phenoxy) is 1. The number of phenols is 1. The van der Waals surface area contributed by atoms with Crippen molar-refractivity contribution in [3.8, 4) is 11.5 Å². The zero-order valence-electron chi connectivity index (χ0n) is 14.4. The van der Waals surface area contributed by atoms with E-state index in [1.165, 1.54) is 19.2 Å². The fourth-order valence-electron chi connectivity index (χ4n) is 3.01. The second-order valence-corrected chi connectivity index (χ2v) is 8.73. The Morgan fingerprint density at radius 1 is 1.42 bits per heavy atom. The Kier molecular flexibility index (Phi) is 6.98. The Morgan fingerprint density at radius 3 is 2.67 bits per heavy atom. The zero-order chi connectivity index (χ0) is 17.7. The Labute approximate surface area is 152 Å². The second-order valence-electron chi connectivity index (χ2n) is 5.60. The summed E-state index contributed by atoms with van der Waals surface area (Å²) in [7, 11) is 1.46. The van der Waals surface area contributed by atoms with Gasteiger partial charge in [-0.2, -0.15) is 0 Å². The fourth-order valence-corrected chi connectivity index (χ4v) is 5.88. The van der Waals surface area contributed by atoms with E-state index in [-0.39, 0.29) is 29.1 Å². The number of nitrogens with two attached hydrogens (primary N) is 1. The lowest BCUT2D eigenvalue weighted by Crippen LogP contribution is -2.41. The lowest BCUT2D eigenvalue weighted by atomic mass is 10.1. The molecule has 1 saturated heterocycles. The highest BCUT2D eigenvalue weighted by Gasteiger charge is 2.36. The van der Waals surface area contributed by atoms with E-state index in [0.29, 0.717) is 10.1 Å². The molecular formula is C17H26N2O3S2. The SMILES string of the molecule is CCSC(SCC)[C@@H]1CCCN1C(=O)c1cc(OC)c(O)cc1N. The highest BCUT2D eigenvalue weighted by molar-refractivity contribution is 8.17. The molecule has 3 N–H and O–H groups in total. The van der Waals surface area contributed by atoms with Crippen LogP contribution in [0.15, 0.2) is 12.1 Å². The van der Waals surface area contributed by atoms with Gasteiger partial charge in [0.1, 0.15) is 0 Å². The molecule has 1 fully saturated rings. The number of nitrogens with zero attached hydrogens (tertiary/aromatic N) is 1. The van der Waals surface area contributed by atoms with Crippen molar-refractivity contribution in [3.63, 3.8) is 0 Å². The lowest BCUT2D eigenvalue weighted by Gasteiger charge is -2.31. The fraction of sp³-hybridized carbons (Fsp3) is 0.588. The smallest absolute Gasteiger partial charge is 0.256 e. The van der Waals surface area contributed by atoms with Crippen LogP contribution in [0.2, 0.25) is 0 Å². The van der Waals surface area contributed by atoms with Crippen LogP contribution in [0.1, 0.15) is 37.0 Å². The van der Waals surface area contributed by atoms with Gasteiger partial charge < -0.3 is 20.5 Å². The van der Waals surface area contributed by atoms with Crippen molar-refractivity contribution >= 4 is 35.1 Å². The van der Waals surface area contributed by atoms with Crippen molar-refractivity contribution in [3.05, 3.63) is 17.7 Å². The molecule has 0 spiro atoms. The number of carbonyl (C=O) groups is 1. The highest BCUT2D eigenvalue weighted by atomic mass is 32.2. The van der Waals surface area contributed by atoms with Crippen LogP contribution in [0.4, 0.5) is 5.69 Å². The van der Waals surface area contributed by atoms with Crippen molar-refractivity contribution in [2.45, 2.75) is 37.3 Å². The van der Waals surface area contributed by atoms with Crippen molar-refractivity contribution in [2.24, 2.45) is 0 Å². The van der Waals surface area contributed by atoms with Crippen LogP contribution in [0.25, 0.3) is 0 Å². The largest absolute Gasteiger partial charge is 0.504 e. The molecular weight excluding hydrogens is 344 g/mol. The number of likely N-dealkylation sites (tertiary alicyclic amines) is 1. The first-order valence-corrected chi connectivity index (χ1v) is 10.3. The molecule has 1 heterocycles. The normalized spacial score (nSPS) is 17.5. The van der Waals surface area contributed by atoms with Gasteiger partial charge in [0.2, 0.25) is 0 Å². The number of carbonyl (C=O) groups excluding carboxylic acids is 1. The van der Waals surface area contributed by atoms with Gasteiger partial charge in [0.15, 0.2) is 11.5 Å². The Bertz CT molecular complexity index is 577. The van der Waals surface area contributed by atoms with Gasteiger partial charge in [-0.05, 0) is 30.4 Å². The Morgan fingerprint density at radius 2 is 2.08 bits per heavy atom. The molecule has 1 aromatic carbocycles. The minimum absolute atomic E-state index is 0.0505. The van der Waals surface area contributed by atoms with Gasteiger partial charge in [-0.1, -0.05) is 13.8 Å². The van der Waals surface area contributed by atoms with E-state index in [0.717, 1.165) is 30.9 Å². The molecule has 134 valence electrons. The van der Waals surface area contributed by atoms with Crippen LogP contribution >= 0.6 is 23.5 Å². The lowest BCUT2D eigenvalue weighted by molar-refractivity contribution is 0.0746. The predicted molar refractivity (Wildman–Crippen MR) is 103 cm³/mol. The van der Waals surface area contributed by atoms with E-state index in [1.54, 1.807) is 0 Å². The van der Waals surface area contributed by atoms with Gasteiger partial charge in [-0.15, -0.1) is 23.5 Å². The summed E-state index contributed by atoms with van der Waals surface area (Å²) in [5.41, 5.74) is 6.66. The van der Waals surface area contributed by atoms with Gasteiger partial charge in [0.25, 0.3) is 5.91 Å². The van der Waals surface area contributed by atoms with Crippen molar-refractivity contribution in [1.29, 1.82) is 0 Å². The maximum Gasteiger partial charge on any atom is 0.256 e. The summed E-state index contributed by atoms with van der Waals surface area (Å²) in [5.74, 6) is 2.21. The number of amides is 1. The van der Waals surface area contributed by atoms with E-state index in [9.17, 15) is 9.90 Å². The first-order valence-electron chi connectivity index (χ1n) is 8.24. The van der Waals surface area contributed by atoms with Gasteiger partial charge in [-0.3, -0.25) is 4.79 Å². The monoisotopic (exact) mass is 370 g/mol. The second kappa shape index (κ2) is 8.76. The number of nitrogen functional groups attached to an aromatic ring is 1. The summed E-state index contributed by atoms with van der Waals surface area (Å²) in [6.45, 7) is 5.05. The maximum atomic E-state index is 13.1. The molecule has 0 aliphatic carbocycles. The minimum atomic E-state index is -0.0771. The van der Waals surface area contributed by atoms with Crippen molar-refractivity contribution in [2.75, 3.05) is 30.9 Å². The first-order chi connectivity index (χ1) is 11.5. The van der Waals surface area contributed by atoms with E-state index in [2.05, 4.69) is 13.8 Å². The van der Waals surface area contributed by atoms with Crippen LogP contribution < -0.4 is 10.5 Å². The standard InChI is InChI=1S/C17H26N2O3S2/c1-4-23-17(24-5-2)13-7-6-8-19(13)16(21)11-9-15(22-3)14(20)10-12(11)18/h9-10,13,17,20H,4-8,18H2,1-3H3/t13-/m0/s1. The summed E-state index contributed by atoms with van der Waals surface area (Å²) < 4.78 is 5.50. The van der Waals surface area contributed by atoms with E-state index < -0.39 is 0 Å². The third-order valence-electron chi connectivity index (χ3n) is 4.12. The topological polar surface area (TPSA) is 75.8 Å². The molecule has 0 radical (unpaired) electrons. The average molecular weight is 371 g/mol. The van der Waals surface area contributed by atoms with Crippen molar-refractivity contribution in [1.82, 2.24) is 4.90 Å². The summed E-state index contributed by atoms with van der Waals surface area (Å²) in [6, 6.07) is 3.14. The molecule has 0 unspecified atom stereocenters. The number of hydrogen-bond acceptors (Lipinski definition) is 6. The first kappa shape index (κ1) is 19.1. The number of thioether (sulfide) groups is 2. The van der Waals surface area contributed by atoms with Crippen molar-refractivity contribution < 1.29 is 14.6 Å². The Balaban J connectivity index is 2.27. The molecule has 0 aromatic heterocycles.